The van der Waals surface area contributed by atoms with Crippen molar-refractivity contribution in [2.24, 2.45) is 0 Å². The predicted molar refractivity (Wildman–Crippen MR) is 36.0 cm³/mol. The molecule has 0 aromatic carbocycles. The summed E-state index contributed by atoms with van der Waals surface area (Å²) in [6, 6.07) is 0. The Morgan fingerprint density at radius 2 is 1.50 bits per heavy atom. The first-order chi connectivity index (χ1) is 5.57. The lowest BCUT2D eigenvalue weighted by Gasteiger charge is -2.37. The highest BCUT2D eigenvalue weighted by Crippen LogP contribution is 2.18. The molecular formula is C6H12O6. The average Bonchev–Trinajstić information content (AvgIpc) is 2.08. The van der Waals surface area contributed by atoms with Crippen LogP contribution in [0.15, 0.2) is 0 Å². The van der Waals surface area contributed by atoms with Gasteiger partial charge in [-0.25, -0.2) is 0 Å². The predicted octanol–water partition coefficient (Wildman–Crippen LogP) is -3.22. The molecule has 1 saturated heterocycles. The summed E-state index contributed by atoms with van der Waals surface area (Å²) in [6.07, 6.45) is -7.04. The standard InChI is InChI=1S/C6H12O6/c7-1-2-3(8)4(9)5(10)6(11)12-2/h2-11H,1H2/t2?,3-,4+,5-,6+/m1/s1. The van der Waals surface area contributed by atoms with Gasteiger partial charge >= 0.3 is 0 Å². The molecule has 6 heteroatoms. The highest BCUT2D eigenvalue weighted by molar-refractivity contribution is 4.87. The zero-order valence-corrected chi connectivity index (χ0v) is 6.24. The number of hydrogen-bond acceptors (Lipinski definition) is 6. The molecule has 1 fully saturated rings. The number of aliphatic hydroxyl groups is 5. The molecule has 5 atom stereocenters. The fraction of sp³-hybridized carbons (Fsp3) is 1.00. The minimum atomic E-state index is -1.57. The van der Waals surface area contributed by atoms with E-state index in [1.807, 2.05) is 0 Å². The van der Waals surface area contributed by atoms with Crippen molar-refractivity contribution in [1.82, 2.24) is 0 Å². The van der Waals surface area contributed by atoms with E-state index >= 15 is 0 Å². The van der Waals surface area contributed by atoms with Crippen molar-refractivity contribution in [3.63, 3.8) is 0 Å². The molecule has 0 bridgehead atoms. The van der Waals surface area contributed by atoms with Gasteiger partial charge in [-0.15, -0.1) is 0 Å². The fourth-order valence-corrected chi connectivity index (χ4v) is 1.08. The van der Waals surface area contributed by atoms with Crippen LogP contribution in [0, 0.1) is 0 Å². The largest absolute Gasteiger partial charge is 0.394 e. The van der Waals surface area contributed by atoms with E-state index in [0.717, 1.165) is 0 Å². The van der Waals surface area contributed by atoms with Crippen molar-refractivity contribution in [1.29, 1.82) is 0 Å². The van der Waals surface area contributed by atoms with Crippen LogP contribution in [-0.4, -0.2) is 62.8 Å². The van der Waals surface area contributed by atoms with Crippen molar-refractivity contribution < 1.29 is 30.3 Å². The molecule has 0 aromatic rings. The minimum absolute atomic E-state index is 0.526. The van der Waals surface area contributed by atoms with Gasteiger partial charge in [0.25, 0.3) is 0 Å². The molecule has 1 aliphatic rings. The van der Waals surface area contributed by atoms with Gasteiger partial charge in [0, 0.05) is 0 Å². The van der Waals surface area contributed by atoms with Crippen LogP contribution in [0.5, 0.6) is 0 Å². The molecule has 0 saturated carbocycles. The zero-order chi connectivity index (χ0) is 9.30. The third kappa shape index (κ3) is 1.58. The molecule has 5 N–H and O–H groups in total. The van der Waals surface area contributed by atoms with E-state index in [0.29, 0.717) is 0 Å². The molecule has 1 heterocycles. The maximum Gasteiger partial charge on any atom is 0.184 e. The Hall–Kier alpha value is -0.240. The van der Waals surface area contributed by atoms with E-state index in [1.165, 1.54) is 0 Å². The second-order valence-electron chi connectivity index (χ2n) is 2.72. The van der Waals surface area contributed by atoms with Crippen LogP contribution in [-0.2, 0) is 4.74 Å². The van der Waals surface area contributed by atoms with Crippen LogP contribution in [0.4, 0.5) is 0 Å². The van der Waals surface area contributed by atoms with E-state index in [2.05, 4.69) is 4.74 Å². The van der Waals surface area contributed by atoms with Crippen LogP contribution >= 0.6 is 0 Å². The number of aliphatic hydroxyl groups excluding tert-OH is 5. The number of rotatable bonds is 1. The Labute approximate surface area is 68.6 Å². The summed E-state index contributed by atoms with van der Waals surface area (Å²) >= 11 is 0. The molecule has 0 amide bonds. The lowest BCUT2D eigenvalue weighted by molar-refractivity contribution is -0.286. The number of ether oxygens (including phenoxy) is 1. The Morgan fingerprint density at radius 3 is 2.00 bits per heavy atom. The molecular weight excluding hydrogens is 168 g/mol. The summed E-state index contributed by atoms with van der Waals surface area (Å²) in [7, 11) is 0. The van der Waals surface area contributed by atoms with E-state index in [1.54, 1.807) is 0 Å². The quantitative estimate of drug-likeness (QED) is 0.290. The Kier molecular flexibility index (Phi) is 2.99. The number of hydrogen-bond donors (Lipinski definition) is 5. The first-order valence-corrected chi connectivity index (χ1v) is 3.56. The molecule has 0 spiro atoms. The maximum atomic E-state index is 9.12. The monoisotopic (exact) mass is 180 g/mol. The summed E-state index contributed by atoms with van der Waals surface area (Å²) in [5, 5.41) is 44.7. The molecule has 1 aliphatic heterocycles. The lowest BCUT2D eigenvalue weighted by Crippen LogP contribution is -2.58. The summed E-state index contributed by atoms with van der Waals surface area (Å²) in [5.41, 5.74) is 0. The molecule has 0 aromatic heterocycles. The van der Waals surface area contributed by atoms with E-state index in [9.17, 15) is 0 Å². The summed E-state index contributed by atoms with van der Waals surface area (Å²) in [5.74, 6) is 0. The van der Waals surface area contributed by atoms with Crippen molar-refractivity contribution in [2.75, 3.05) is 6.61 Å². The normalized spacial score (nSPS) is 49.2. The van der Waals surface area contributed by atoms with Crippen LogP contribution in [0.2, 0.25) is 0 Å². The first-order valence-electron chi connectivity index (χ1n) is 3.56. The molecule has 0 aliphatic carbocycles. The third-order valence-electron chi connectivity index (χ3n) is 1.87. The second kappa shape index (κ2) is 3.65. The van der Waals surface area contributed by atoms with Crippen LogP contribution in [0.3, 0.4) is 0 Å². The fourth-order valence-electron chi connectivity index (χ4n) is 1.08. The van der Waals surface area contributed by atoms with Gasteiger partial charge in [-0.1, -0.05) is 0 Å². The van der Waals surface area contributed by atoms with Gasteiger partial charge in [0.15, 0.2) is 6.29 Å². The maximum absolute atomic E-state index is 9.12. The van der Waals surface area contributed by atoms with Gasteiger partial charge in [0.05, 0.1) is 6.61 Å². The van der Waals surface area contributed by atoms with E-state index < -0.39 is 37.3 Å². The summed E-state index contributed by atoms with van der Waals surface area (Å²) in [6.45, 7) is -0.526. The van der Waals surface area contributed by atoms with E-state index in [-0.39, 0.29) is 0 Å². The third-order valence-corrected chi connectivity index (χ3v) is 1.87. The van der Waals surface area contributed by atoms with Crippen LogP contribution in [0.1, 0.15) is 0 Å². The Bertz CT molecular complexity index is 146. The lowest BCUT2D eigenvalue weighted by atomic mass is 10.00. The second-order valence-corrected chi connectivity index (χ2v) is 2.72. The van der Waals surface area contributed by atoms with Crippen molar-refractivity contribution >= 4 is 0 Å². The first kappa shape index (κ1) is 9.85. The zero-order valence-electron chi connectivity index (χ0n) is 6.24. The van der Waals surface area contributed by atoms with Crippen molar-refractivity contribution in [3.05, 3.63) is 0 Å². The summed E-state index contributed by atoms with van der Waals surface area (Å²) in [4.78, 5) is 0. The summed E-state index contributed by atoms with van der Waals surface area (Å²) < 4.78 is 4.58. The van der Waals surface area contributed by atoms with Gasteiger partial charge in [0.1, 0.15) is 24.4 Å². The van der Waals surface area contributed by atoms with Gasteiger partial charge in [-0.05, 0) is 0 Å². The topological polar surface area (TPSA) is 110 Å². The van der Waals surface area contributed by atoms with Crippen molar-refractivity contribution in [3.8, 4) is 0 Å². The van der Waals surface area contributed by atoms with Gasteiger partial charge in [0.2, 0.25) is 0 Å². The van der Waals surface area contributed by atoms with Crippen molar-refractivity contribution in [2.45, 2.75) is 30.7 Å². The van der Waals surface area contributed by atoms with Gasteiger partial charge in [-0.2, -0.15) is 0 Å². The molecule has 12 heavy (non-hydrogen) atoms. The van der Waals surface area contributed by atoms with Gasteiger partial charge in [-0.3, -0.25) is 0 Å². The molecule has 0 radical (unpaired) electrons. The molecule has 6 nitrogen and oxygen atoms in total. The Balaban J connectivity index is 2.63. The average molecular weight is 180 g/mol. The van der Waals surface area contributed by atoms with Gasteiger partial charge < -0.3 is 30.3 Å². The van der Waals surface area contributed by atoms with Crippen LogP contribution < -0.4 is 0 Å². The SMILES string of the molecule is OCC1O[C@H](O)[C@H](O)[C@@H](O)[C@@H]1O. The van der Waals surface area contributed by atoms with Crippen LogP contribution in [0.25, 0.3) is 0 Å². The Morgan fingerprint density at radius 1 is 0.917 bits per heavy atom. The highest BCUT2D eigenvalue weighted by atomic mass is 16.6. The molecule has 1 rings (SSSR count). The smallest absolute Gasteiger partial charge is 0.184 e. The van der Waals surface area contributed by atoms with E-state index in [4.69, 9.17) is 25.5 Å². The minimum Gasteiger partial charge on any atom is -0.394 e. The molecule has 72 valence electrons. The molecule has 1 unspecified atom stereocenters. The highest BCUT2D eigenvalue weighted by Gasteiger charge is 2.42.